The lowest BCUT2D eigenvalue weighted by atomic mass is 10.0. The maximum atomic E-state index is 12.9. The molecule has 0 unspecified atom stereocenters. The van der Waals surface area contributed by atoms with E-state index in [9.17, 15) is 9.90 Å². The number of ether oxygens (including phenoxy) is 1. The number of carbonyl (C=O) groups excluding carboxylic acids is 1. The molecule has 0 radical (unpaired) electrons. The predicted octanol–water partition coefficient (Wildman–Crippen LogP) is 3.48. The second-order valence-electron chi connectivity index (χ2n) is 6.41. The number of hydrogen-bond acceptors (Lipinski definition) is 4. The SMILES string of the molecule is Cn1nccc1C(=O)N1CCOc2c(O)cc(-c3cccc(Cl)c3)cc2C1. The van der Waals surface area contributed by atoms with Gasteiger partial charge in [-0.15, -0.1) is 0 Å². The van der Waals surface area contributed by atoms with Gasteiger partial charge in [-0.3, -0.25) is 9.48 Å². The molecule has 1 N–H and O–H groups in total. The van der Waals surface area contributed by atoms with E-state index < -0.39 is 0 Å². The quantitative estimate of drug-likeness (QED) is 0.735. The van der Waals surface area contributed by atoms with Crippen LogP contribution in [-0.4, -0.2) is 38.8 Å². The summed E-state index contributed by atoms with van der Waals surface area (Å²) in [4.78, 5) is 14.6. The van der Waals surface area contributed by atoms with Crippen LogP contribution in [0, 0.1) is 0 Å². The van der Waals surface area contributed by atoms with E-state index in [0.29, 0.717) is 36.2 Å². The molecule has 138 valence electrons. The Morgan fingerprint density at radius 1 is 1.22 bits per heavy atom. The zero-order valence-corrected chi connectivity index (χ0v) is 15.5. The Morgan fingerprint density at radius 3 is 2.81 bits per heavy atom. The van der Waals surface area contributed by atoms with Crippen molar-refractivity contribution in [3.63, 3.8) is 0 Å². The van der Waals surface area contributed by atoms with Crippen molar-refractivity contribution < 1.29 is 14.6 Å². The lowest BCUT2D eigenvalue weighted by Gasteiger charge is -2.20. The van der Waals surface area contributed by atoms with E-state index in [0.717, 1.165) is 16.7 Å². The van der Waals surface area contributed by atoms with Crippen LogP contribution in [0.25, 0.3) is 11.1 Å². The molecule has 0 bridgehead atoms. The van der Waals surface area contributed by atoms with Crippen molar-refractivity contribution in [1.29, 1.82) is 0 Å². The highest BCUT2D eigenvalue weighted by Gasteiger charge is 2.25. The molecule has 6 nitrogen and oxygen atoms in total. The van der Waals surface area contributed by atoms with Crippen LogP contribution >= 0.6 is 11.6 Å². The third kappa shape index (κ3) is 3.36. The van der Waals surface area contributed by atoms with Gasteiger partial charge in [-0.05, 0) is 41.5 Å². The maximum Gasteiger partial charge on any atom is 0.272 e. The van der Waals surface area contributed by atoms with Gasteiger partial charge in [0, 0.05) is 30.4 Å². The summed E-state index contributed by atoms with van der Waals surface area (Å²) in [6.45, 7) is 1.06. The van der Waals surface area contributed by atoms with Gasteiger partial charge in [-0.1, -0.05) is 23.7 Å². The fourth-order valence-electron chi connectivity index (χ4n) is 3.25. The van der Waals surface area contributed by atoms with Crippen LogP contribution in [0.5, 0.6) is 11.5 Å². The third-order valence-electron chi connectivity index (χ3n) is 4.60. The van der Waals surface area contributed by atoms with Crippen LogP contribution in [0.4, 0.5) is 0 Å². The molecule has 3 aromatic rings. The summed E-state index contributed by atoms with van der Waals surface area (Å²) >= 11 is 6.09. The second-order valence-corrected chi connectivity index (χ2v) is 6.85. The van der Waals surface area contributed by atoms with Crippen molar-refractivity contribution in [3.8, 4) is 22.6 Å². The molecule has 0 saturated carbocycles. The number of phenols is 1. The molecule has 1 aliphatic heterocycles. The molecule has 4 rings (SSSR count). The number of phenolic OH excluding ortho intramolecular Hbond substituents is 1. The second kappa shape index (κ2) is 6.96. The number of amides is 1. The van der Waals surface area contributed by atoms with Gasteiger partial charge in [0.1, 0.15) is 12.3 Å². The molecular weight excluding hydrogens is 366 g/mol. The first kappa shape index (κ1) is 17.4. The number of fused-ring (bicyclic) bond motifs is 1. The van der Waals surface area contributed by atoms with Crippen molar-refractivity contribution in [1.82, 2.24) is 14.7 Å². The summed E-state index contributed by atoms with van der Waals surface area (Å²) in [5, 5.41) is 15.1. The van der Waals surface area contributed by atoms with Crippen LogP contribution in [0.1, 0.15) is 16.1 Å². The molecule has 0 aliphatic carbocycles. The summed E-state index contributed by atoms with van der Waals surface area (Å²) in [5.41, 5.74) is 2.95. The van der Waals surface area contributed by atoms with Gasteiger partial charge in [0.15, 0.2) is 11.5 Å². The number of hydrogen-bond donors (Lipinski definition) is 1. The average Bonchev–Trinajstić information content (AvgIpc) is 2.95. The van der Waals surface area contributed by atoms with Gasteiger partial charge < -0.3 is 14.7 Å². The Kier molecular flexibility index (Phi) is 4.49. The van der Waals surface area contributed by atoms with E-state index in [1.165, 1.54) is 0 Å². The Morgan fingerprint density at radius 2 is 2.07 bits per heavy atom. The van der Waals surface area contributed by atoms with Gasteiger partial charge in [0.2, 0.25) is 0 Å². The standard InChI is InChI=1S/C20H18ClN3O3/c1-23-17(5-6-22-23)20(26)24-7-8-27-19-15(12-24)9-14(11-18(19)25)13-3-2-4-16(21)10-13/h2-6,9-11,25H,7-8,12H2,1H3. The minimum atomic E-state index is -0.126. The third-order valence-corrected chi connectivity index (χ3v) is 4.84. The molecule has 2 heterocycles. The van der Waals surface area contributed by atoms with Crippen LogP contribution < -0.4 is 4.74 Å². The Labute approximate surface area is 161 Å². The maximum absolute atomic E-state index is 12.9. The van der Waals surface area contributed by atoms with E-state index in [4.69, 9.17) is 16.3 Å². The highest BCUT2D eigenvalue weighted by atomic mass is 35.5. The molecule has 1 aliphatic rings. The van der Waals surface area contributed by atoms with Crippen molar-refractivity contribution in [2.75, 3.05) is 13.2 Å². The first-order valence-corrected chi connectivity index (χ1v) is 8.92. The molecule has 0 saturated heterocycles. The van der Waals surface area contributed by atoms with Crippen LogP contribution in [0.3, 0.4) is 0 Å². The molecule has 2 aromatic carbocycles. The Balaban J connectivity index is 1.71. The summed E-state index contributed by atoms with van der Waals surface area (Å²) in [7, 11) is 1.73. The number of aryl methyl sites for hydroxylation is 1. The Hall–Kier alpha value is -2.99. The molecule has 0 fully saturated rings. The molecule has 1 amide bonds. The van der Waals surface area contributed by atoms with Gasteiger partial charge in [-0.25, -0.2) is 0 Å². The average molecular weight is 384 g/mol. The summed E-state index contributed by atoms with van der Waals surface area (Å²) in [5.74, 6) is 0.345. The molecule has 0 atom stereocenters. The predicted molar refractivity (Wildman–Crippen MR) is 102 cm³/mol. The van der Waals surface area contributed by atoms with Crippen LogP contribution in [0.15, 0.2) is 48.7 Å². The van der Waals surface area contributed by atoms with Crippen LogP contribution in [-0.2, 0) is 13.6 Å². The lowest BCUT2D eigenvalue weighted by Crippen LogP contribution is -2.33. The molecular formula is C20H18ClN3O3. The highest BCUT2D eigenvalue weighted by Crippen LogP contribution is 2.38. The van der Waals surface area contributed by atoms with E-state index in [1.54, 1.807) is 41.0 Å². The first-order valence-electron chi connectivity index (χ1n) is 8.55. The van der Waals surface area contributed by atoms with E-state index in [-0.39, 0.29) is 11.7 Å². The van der Waals surface area contributed by atoms with E-state index >= 15 is 0 Å². The number of halogens is 1. The van der Waals surface area contributed by atoms with Gasteiger partial charge in [0.25, 0.3) is 5.91 Å². The molecule has 27 heavy (non-hydrogen) atoms. The van der Waals surface area contributed by atoms with Gasteiger partial charge in [-0.2, -0.15) is 5.10 Å². The van der Waals surface area contributed by atoms with E-state index in [2.05, 4.69) is 5.10 Å². The normalized spacial score (nSPS) is 13.6. The summed E-state index contributed by atoms with van der Waals surface area (Å²) < 4.78 is 7.28. The van der Waals surface area contributed by atoms with Crippen molar-refractivity contribution in [3.05, 3.63) is 64.9 Å². The van der Waals surface area contributed by atoms with Crippen molar-refractivity contribution in [2.24, 2.45) is 7.05 Å². The van der Waals surface area contributed by atoms with Gasteiger partial charge in [0.05, 0.1) is 6.54 Å². The van der Waals surface area contributed by atoms with Gasteiger partial charge >= 0.3 is 0 Å². The first-order chi connectivity index (χ1) is 13.0. The monoisotopic (exact) mass is 383 g/mol. The smallest absolute Gasteiger partial charge is 0.272 e. The zero-order valence-electron chi connectivity index (χ0n) is 14.7. The van der Waals surface area contributed by atoms with E-state index in [1.807, 2.05) is 24.3 Å². The summed E-state index contributed by atoms with van der Waals surface area (Å²) in [6.07, 6.45) is 1.60. The van der Waals surface area contributed by atoms with Crippen LogP contribution in [0.2, 0.25) is 5.02 Å². The Bertz CT molecular complexity index is 1020. The number of aromatic nitrogens is 2. The fourth-order valence-corrected chi connectivity index (χ4v) is 3.44. The number of carbonyl (C=O) groups is 1. The fraction of sp³-hybridized carbons (Fsp3) is 0.200. The topological polar surface area (TPSA) is 67.6 Å². The molecule has 0 spiro atoms. The minimum Gasteiger partial charge on any atom is -0.504 e. The number of nitrogens with zero attached hydrogens (tertiary/aromatic N) is 3. The van der Waals surface area contributed by atoms with Crippen molar-refractivity contribution >= 4 is 17.5 Å². The molecule has 1 aromatic heterocycles. The number of aromatic hydroxyl groups is 1. The van der Waals surface area contributed by atoms with Crippen molar-refractivity contribution in [2.45, 2.75) is 6.54 Å². The minimum absolute atomic E-state index is 0.0531. The summed E-state index contributed by atoms with van der Waals surface area (Å²) in [6, 6.07) is 12.7. The lowest BCUT2D eigenvalue weighted by molar-refractivity contribution is 0.0722. The number of rotatable bonds is 2. The molecule has 7 heteroatoms. The highest BCUT2D eigenvalue weighted by molar-refractivity contribution is 6.30. The zero-order chi connectivity index (χ0) is 19.0. The number of benzene rings is 2. The largest absolute Gasteiger partial charge is 0.504 e.